The predicted molar refractivity (Wildman–Crippen MR) is 102 cm³/mol. The van der Waals surface area contributed by atoms with Gasteiger partial charge in [0, 0.05) is 5.30 Å². The zero-order valence-electron chi connectivity index (χ0n) is 12.2. The molecule has 0 unspecified atom stereocenters. The minimum atomic E-state index is -4.28. The van der Waals surface area contributed by atoms with E-state index >= 15 is 0 Å². The summed E-state index contributed by atoms with van der Waals surface area (Å²) < 4.78 is 33.2. The van der Waals surface area contributed by atoms with Crippen LogP contribution in [0.2, 0.25) is 0 Å². The van der Waals surface area contributed by atoms with Crippen molar-refractivity contribution >= 4 is 85.3 Å². The van der Waals surface area contributed by atoms with E-state index in [1.165, 1.54) is 6.07 Å². The maximum absolute atomic E-state index is 11.8. The van der Waals surface area contributed by atoms with Crippen LogP contribution in [0.4, 0.5) is 0 Å². The van der Waals surface area contributed by atoms with Gasteiger partial charge >= 0.3 is 51.4 Å². The third kappa shape index (κ3) is 4.62. The van der Waals surface area contributed by atoms with E-state index in [1.807, 2.05) is 60.7 Å². The van der Waals surface area contributed by atoms with Gasteiger partial charge in [-0.05, 0) is 24.6 Å². The van der Waals surface area contributed by atoms with Gasteiger partial charge in [-0.1, -0.05) is 78.9 Å². The van der Waals surface area contributed by atoms with Gasteiger partial charge in [-0.15, -0.1) is 0 Å². The van der Waals surface area contributed by atoms with E-state index in [-0.39, 0.29) is 56.3 Å². The van der Waals surface area contributed by atoms with Gasteiger partial charge < -0.3 is 0 Å². The molecule has 6 heteroatoms. The molecule has 0 spiro atoms. The van der Waals surface area contributed by atoms with Crippen LogP contribution in [0.3, 0.4) is 0 Å². The molecule has 0 aliphatic heterocycles. The van der Waals surface area contributed by atoms with Crippen molar-refractivity contribution in [1.82, 2.24) is 0 Å². The summed E-state index contributed by atoms with van der Waals surface area (Å²) in [6, 6.07) is 26.2. The van der Waals surface area contributed by atoms with E-state index in [0.29, 0.717) is 5.30 Å². The van der Waals surface area contributed by atoms with Crippen molar-refractivity contribution in [3.63, 3.8) is 0 Å². The molecule has 0 saturated heterocycles. The molecule has 0 aliphatic carbocycles. The Bertz CT molecular complexity index is 860. The normalized spacial score (nSPS) is 11.1. The quantitative estimate of drug-likeness (QED) is 0.427. The van der Waals surface area contributed by atoms with Crippen molar-refractivity contribution in [3.05, 3.63) is 84.9 Å². The van der Waals surface area contributed by atoms with E-state index in [0.717, 1.165) is 10.6 Å². The monoisotopic (exact) mass is 382 g/mol. The molecule has 3 nitrogen and oxygen atoms in total. The number of hydrogen-bond donors (Lipinski definition) is 1. The standard InChI is InChI=1S/C18H15O3PS.K.H/c19-23(20,21)18-14-8-7-13-17(18)22(15-9-3-1-4-10-15)16-11-5-2-6-12-16;;/h1-14H,(H,19,20,21);;. The molecular formula is C18H16KO3PS. The number of benzene rings is 3. The second-order valence-electron chi connectivity index (χ2n) is 4.95. The van der Waals surface area contributed by atoms with Crippen molar-refractivity contribution in [2.75, 3.05) is 0 Å². The average Bonchev–Trinajstić information content (AvgIpc) is 2.57. The molecule has 0 bridgehead atoms. The molecule has 0 fully saturated rings. The van der Waals surface area contributed by atoms with Crippen LogP contribution in [-0.4, -0.2) is 64.4 Å². The fourth-order valence-corrected chi connectivity index (χ4v) is 5.97. The van der Waals surface area contributed by atoms with Gasteiger partial charge in [-0.25, -0.2) is 0 Å². The summed E-state index contributed by atoms with van der Waals surface area (Å²) in [4.78, 5) is -0.0289. The van der Waals surface area contributed by atoms with Gasteiger partial charge in [0.05, 0.1) is 0 Å². The van der Waals surface area contributed by atoms with E-state index in [2.05, 4.69) is 0 Å². The molecule has 24 heavy (non-hydrogen) atoms. The first-order valence-corrected chi connectivity index (χ1v) is 9.82. The molecule has 0 saturated carbocycles. The van der Waals surface area contributed by atoms with Crippen LogP contribution < -0.4 is 15.9 Å². The molecule has 0 atom stereocenters. The van der Waals surface area contributed by atoms with Crippen molar-refractivity contribution in [3.8, 4) is 0 Å². The topological polar surface area (TPSA) is 54.4 Å². The van der Waals surface area contributed by atoms with Gasteiger partial charge in [0.25, 0.3) is 10.1 Å². The van der Waals surface area contributed by atoms with Crippen molar-refractivity contribution in [1.29, 1.82) is 0 Å². The zero-order chi connectivity index (χ0) is 16.3. The molecule has 0 heterocycles. The number of hydrogen-bond acceptors (Lipinski definition) is 2. The molecule has 118 valence electrons. The molecule has 1 N–H and O–H groups in total. The molecule has 3 aromatic carbocycles. The molecule has 3 aromatic rings. The second-order valence-corrected chi connectivity index (χ2v) is 8.52. The summed E-state index contributed by atoms with van der Waals surface area (Å²) in [7, 11) is -5.35. The van der Waals surface area contributed by atoms with Crippen molar-refractivity contribution in [2.45, 2.75) is 4.90 Å². The Morgan fingerprint density at radius 3 is 1.54 bits per heavy atom. The summed E-state index contributed by atoms with van der Waals surface area (Å²) in [5.74, 6) is 0. The Labute approximate surface area is 186 Å². The van der Waals surface area contributed by atoms with Crippen LogP contribution in [0.5, 0.6) is 0 Å². The minimum absolute atomic E-state index is 0. The third-order valence-electron chi connectivity index (χ3n) is 3.41. The Kier molecular flexibility index (Phi) is 7.34. The van der Waals surface area contributed by atoms with Crippen LogP contribution in [0.25, 0.3) is 0 Å². The Hall–Kier alpha value is -0.364. The maximum atomic E-state index is 11.8. The van der Waals surface area contributed by atoms with Gasteiger partial charge in [-0.2, -0.15) is 8.42 Å². The summed E-state index contributed by atoms with van der Waals surface area (Å²) >= 11 is 0. The summed E-state index contributed by atoms with van der Waals surface area (Å²) in [6.45, 7) is 0. The van der Waals surface area contributed by atoms with Gasteiger partial charge in [-0.3, -0.25) is 4.55 Å². The van der Waals surface area contributed by atoms with Crippen LogP contribution in [0.1, 0.15) is 0 Å². The van der Waals surface area contributed by atoms with Crippen LogP contribution in [-0.2, 0) is 10.1 Å². The molecule has 0 radical (unpaired) electrons. The fourth-order valence-electron chi connectivity index (χ4n) is 2.44. The predicted octanol–water partition coefficient (Wildman–Crippen LogP) is 2.04. The molecule has 0 aliphatic rings. The van der Waals surface area contributed by atoms with Crippen molar-refractivity contribution in [2.24, 2.45) is 0 Å². The summed E-state index contributed by atoms with van der Waals surface area (Å²) in [6.07, 6.45) is 0. The Morgan fingerprint density at radius 1 is 0.667 bits per heavy atom. The van der Waals surface area contributed by atoms with Crippen LogP contribution >= 0.6 is 7.92 Å². The van der Waals surface area contributed by atoms with Crippen LogP contribution in [0.15, 0.2) is 89.8 Å². The van der Waals surface area contributed by atoms with E-state index in [9.17, 15) is 13.0 Å². The molecular weight excluding hydrogens is 366 g/mol. The van der Waals surface area contributed by atoms with E-state index in [4.69, 9.17) is 0 Å². The number of rotatable bonds is 4. The zero-order valence-corrected chi connectivity index (χ0v) is 13.9. The molecule has 3 rings (SSSR count). The SMILES string of the molecule is O=S(=O)(O)c1ccccc1P(c1ccccc1)c1ccccc1.[KH]. The third-order valence-corrected chi connectivity index (χ3v) is 6.98. The summed E-state index contributed by atoms with van der Waals surface area (Å²) in [5.41, 5.74) is 0. The first-order chi connectivity index (χ1) is 11.1. The first kappa shape index (κ1) is 20.0. The average molecular weight is 382 g/mol. The Balaban J connectivity index is 0.00000208. The fraction of sp³-hybridized carbons (Fsp3) is 0. The first-order valence-electron chi connectivity index (χ1n) is 7.04. The second kappa shape index (κ2) is 8.83. The van der Waals surface area contributed by atoms with Crippen molar-refractivity contribution < 1.29 is 13.0 Å². The molecule has 0 aromatic heterocycles. The van der Waals surface area contributed by atoms with E-state index in [1.54, 1.807) is 18.2 Å². The van der Waals surface area contributed by atoms with Gasteiger partial charge in [0.2, 0.25) is 0 Å². The van der Waals surface area contributed by atoms with Gasteiger partial charge in [0.1, 0.15) is 4.90 Å². The molecule has 0 amide bonds. The Morgan fingerprint density at radius 2 is 1.08 bits per heavy atom. The summed E-state index contributed by atoms with van der Waals surface area (Å²) in [5, 5.41) is 2.69. The van der Waals surface area contributed by atoms with Crippen LogP contribution in [0, 0.1) is 0 Å². The van der Waals surface area contributed by atoms with E-state index < -0.39 is 18.0 Å². The van der Waals surface area contributed by atoms with Gasteiger partial charge in [0.15, 0.2) is 0 Å².